The van der Waals surface area contributed by atoms with Crippen LogP contribution < -0.4 is 9.80 Å². The molecule has 9 aromatic rings. The van der Waals surface area contributed by atoms with E-state index in [2.05, 4.69) is 204 Å². The van der Waals surface area contributed by atoms with Crippen molar-refractivity contribution in [3.05, 3.63) is 205 Å². The number of rotatable bonds is 6. The normalized spacial score (nSPS) is 13.7. The van der Waals surface area contributed by atoms with Gasteiger partial charge in [0.1, 0.15) is 0 Å². The second kappa shape index (κ2) is 11.7. The van der Waals surface area contributed by atoms with Crippen molar-refractivity contribution in [3.63, 3.8) is 0 Å². The predicted octanol–water partition coefficient (Wildman–Crippen LogP) is 14.1. The number of fused-ring (bicyclic) bond motifs is 6. The molecule has 0 saturated heterocycles. The summed E-state index contributed by atoms with van der Waals surface area (Å²) in [5, 5.41) is 7.65. The molecule has 1 spiro atoms. The molecule has 2 aliphatic rings. The average molecular weight is 677 g/mol. The van der Waals surface area contributed by atoms with Crippen LogP contribution in [0, 0.1) is 0 Å². The molecule has 9 aromatic carbocycles. The quantitative estimate of drug-likeness (QED) is 0.173. The van der Waals surface area contributed by atoms with Crippen LogP contribution in [-0.2, 0) is 5.41 Å². The zero-order valence-corrected chi connectivity index (χ0v) is 29.3. The molecule has 53 heavy (non-hydrogen) atoms. The van der Waals surface area contributed by atoms with E-state index in [1.165, 1.54) is 77.3 Å². The third-order valence-corrected chi connectivity index (χ3v) is 11.6. The van der Waals surface area contributed by atoms with Gasteiger partial charge in [-0.3, -0.25) is 0 Å². The Hall–Kier alpha value is -6.64. The lowest BCUT2D eigenvalue weighted by atomic mass is 9.74. The first kappa shape index (κ1) is 30.0. The lowest BCUT2D eigenvalue weighted by molar-refractivity contribution is 0.853. The summed E-state index contributed by atoms with van der Waals surface area (Å²) in [6.07, 6.45) is 2.30. The smallest absolute Gasteiger partial charge is 0.0540 e. The summed E-state index contributed by atoms with van der Waals surface area (Å²) in [6, 6.07) is 71.4. The second-order valence-corrected chi connectivity index (χ2v) is 14.5. The number of nitrogens with zero attached hydrogens (tertiary/aromatic N) is 2. The topological polar surface area (TPSA) is 6.48 Å². The fourth-order valence-corrected chi connectivity index (χ4v) is 9.12. The SMILES string of the molecule is c1ccc(N(c2ccc3c(c2)C2(CC2)c2cccc4c(N(c5ccccc5)c5cccc6ccccc56)ccc-3c24)c2cccc3ccccc23)cc1. The van der Waals surface area contributed by atoms with Crippen molar-refractivity contribution in [1.29, 1.82) is 0 Å². The van der Waals surface area contributed by atoms with E-state index < -0.39 is 0 Å². The van der Waals surface area contributed by atoms with Crippen molar-refractivity contribution in [1.82, 2.24) is 0 Å². The molecule has 2 heteroatoms. The second-order valence-electron chi connectivity index (χ2n) is 14.5. The maximum atomic E-state index is 2.50. The molecule has 11 rings (SSSR count). The van der Waals surface area contributed by atoms with E-state index in [0.717, 1.165) is 24.2 Å². The van der Waals surface area contributed by atoms with Crippen LogP contribution in [0.1, 0.15) is 24.0 Å². The summed E-state index contributed by atoms with van der Waals surface area (Å²) in [5.74, 6) is 0. The first-order chi connectivity index (χ1) is 26.3. The highest BCUT2D eigenvalue weighted by atomic mass is 15.2. The molecule has 0 unspecified atom stereocenters. The number of para-hydroxylation sites is 2. The highest BCUT2D eigenvalue weighted by Gasteiger charge is 2.50. The summed E-state index contributed by atoms with van der Waals surface area (Å²) >= 11 is 0. The minimum absolute atomic E-state index is 0.00535. The molecule has 0 amide bonds. The molecular weight excluding hydrogens is 641 g/mol. The molecular formula is C51H36N2. The van der Waals surface area contributed by atoms with Crippen LogP contribution in [0.4, 0.5) is 34.1 Å². The van der Waals surface area contributed by atoms with Gasteiger partial charge in [-0.15, -0.1) is 0 Å². The van der Waals surface area contributed by atoms with Crippen molar-refractivity contribution in [2.45, 2.75) is 18.3 Å². The fraction of sp³-hybridized carbons (Fsp3) is 0.0588. The Morgan fingerprint density at radius 1 is 0.340 bits per heavy atom. The maximum absolute atomic E-state index is 2.50. The van der Waals surface area contributed by atoms with Gasteiger partial charge in [-0.2, -0.15) is 0 Å². The summed E-state index contributed by atoms with van der Waals surface area (Å²) < 4.78 is 0. The monoisotopic (exact) mass is 676 g/mol. The van der Waals surface area contributed by atoms with Crippen molar-refractivity contribution in [3.8, 4) is 11.1 Å². The molecule has 0 heterocycles. The van der Waals surface area contributed by atoms with Crippen molar-refractivity contribution >= 4 is 66.4 Å². The molecule has 2 nitrogen and oxygen atoms in total. The highest BCUT2D eigenvalue weighted by molar-refractivity contribution is 6.12. The largest absolute Gasteiger partial charge is 0.310 e. The molecule has 1 fully saturated rings. The van der Waals surface area contributed by atoms with Crippen molar-refractivity contribution in [2.24, 2.45) is 0 Å². The van der Waals surface area contributed by atoms with Gasteiger partial charge in [0.25, 0.3) is 0 Å². The standard InChI is InChI=1S/C51H36N2/c1-3-18-37(19-4-1)52(47-26-11-16-35-14-7-9-22-40(35)47)39-28-29-42-43-30-31-49(44-24-13-25-45(50(43)44)51(32-33-51)46(42)34-39)53(38-20-5-2-6-21-38)48-27-12-17-36-15-8-10-23-41(36)48/h1-31,34H,32-33H2. The zero-order valence-electron chi connectivity index (χ0n) is 29.3. The number of hydrogen-bond donors (Lipinski definition) is 0. The Labute approximate surface area is 309 Å². The van der Waals surface area contributed by atoms with Gasteiger partial charge in [0.05, 0.1) is 17.1 Å². The summed E-state index contributed by atoms with van der Waals surface area (Å²) in [4.78, 5) is 4.91. The van der Waals surface area contributed by atoms with Crippen LogP contribution in [0.3, 0.4) is 0 Å². The van der Waals surface area contributed by atoms with Crippen LogP contribution in [0.2, 0.25) is 0 Å². The fourth-order valence-electron chi connectivity index (χ4n) is 9.12. The Kier molecular flexibility index (Phi) is 6.63. The molecule has 0 aromatic heterocycles. The van der Waals surface area contributed by atoms with Crippen LogP contribution >= 0.6 is 0 Å². The van der Waals surface area contributed by atoms with Crippen LogP contribution in [-0.4, -0.2) is 0 Å². The summed E-state index contributed by atoms with van der Waals surface area (Å²) in [5.41, 5.74) is 12.6. The molecule has 0 N–H and O–H groups in total. The van der Waals surface area contributed by atoms with Crippen LogP contribution in [0.15, 0.2) is 194 Å². The van der Waals surface area contributed by atoms with Crippen LogP contribution in [0.25, 0.3) is 43.4 Å². The van der Waals surface area contributed by atoms with Gasteiger partial charge >= 0.3 is 0 Å². The maximum Gasteiger partial charge on any atom is 0.0540 e. The van der Waals surface area contributed by atoms with E-state index in [1.54, 1.807) is 0 Å². The van der Waals surface area contributed by atoms with Gasteiger partial charge in [-0.05, 0) is 106 Å². The van der Waals surface area contributed by atoms with E-state index >= 15 is 0 Å². The number of hydrogen-bond acceptors (Lipinski definition) is 2. The third-order valence-electron chi connectivity index (χ3n) is 11.6. The molecule has 0 aliphatic heterocycles. The Morgan fingerprint density at radius 2 is 0.849 bits per heavy atom. The molecule has 0 atom stereocenters. The lowest BCUT2D eigenvalue weighted by Crippen LogP contribution is -2.18. The van der Waals surface area contributed by atoms with E-state index in [9.17, 15) is 0 Å². The minimum atomic E-state index is -0.00535. The minimum Gasteiger partial charge on any atom is -0.310 e. The lowest BCUT2D eigenvalue weighted by Gasteiger charge is -2.34. The van der Waals surface area contributed by atoms with Gasteiger partial charge in [-0.25, -0.2) is 0 Å². The Bertz CT molecular complexity index is 2840. The zero-order chi connectivity index (χ0) is 34.9. The van der Waals surface area contributed by atoms with E-state index in [4.69, 9.17) is 0 Å². The summed E-state index contributed by atoms with van der Waals surface area (Å²) in [6.45, 7) is 0. The van der Waals surface area contributed by atoms with Gasteiger partial charge < -0.3 is 9.80 Å². The van der Waals surface area contributed by atoms with E-state index in [-0.39, 0.29) is 5.41 Å². The molecule has 250 valence electrons. The van der Waals surface area contributed by atoms with Crippen molar-refractivity contribution in [2.75, 3.05) is 9.80 Å². The Balaban J connectivity index is 1.13. The summed E-state index contributed by atoms with van der Waals surface area (Å²) in [7, 11) is 0. The van der Waals surface area contributed by atoms with Gasteiger partial charge in [0, 0.05) is 38.6 Å². The molecule has 1 saturated carbocycles. The van der Waals surface area contributed by atoms with E-state index in [1.807, 2.05) is 0 Å². The molecule has 2 aliphatic carbocycles. The number of anilines is 6. The number of benzene rings is 9. The Morgan fingerprint density at radius 3 is 1.51 bits per heavy atom. The predicted molar refractivity (Wildman–Crippen MR) is 224 cm³/mol. The van der Waals surface area contributed by atoms with Gasteiger partial charge in [-0.1, -0.05) is 140 Å². The molecule has 0 radical (unpaired) electrons. The molecule has 0 bridgehead atoms. The first-order valence-electron chi connectivity index (χ1n) is 18.7. The highest BCUT2D eigenvalue weighted by Crippen LogP contribution is 2.63. The van der Waals surface area contributed by atoms with Gasteiger partial charge in [0.15, 0.2) is 0 Å². The first-order valence-corrected chi connectivity index (χ1v) is 18.7. The van der Waals surface area contributed by atoms with Gasteiger partial charge in [0.2, 0.25) is 0 Å². The van der Waals surface area contributed by atoms with E-state index in [0.29, 0.717) is 0 Å². The average Bonchev–Trinajstić information content (AvgIpc) is 4.03. The van der Waals surface area contributed by atoms with Crippen LogP contribution in [0.5, 0.6) is 0 Å². The van der Waals surface area contributed by atoms with Crippen molar-refractivity contribution < 1.29 is 0 Å². The third kappa shape index (κ3) is 4.59.